The maximum Gasteiger partial charge on any atom is 0.348 e. The highest BCUT2D eigenvalue weighted by Crippen LogP contribution is 2.29. The van der Waals surface area contributed by atoms with Crippen LogP contribution in [0.3, 0.4) is 0 Å². The molecule has 1 rings (SSSR count). The average molecular weight is 289 g/mol. The summed E-state index contributed by atoms with van der Waals surface area (Å²) in [5, 5.41) is 9.01. The molecular formula is C16H19NO4. The van der Waals surface area contributed by atoms with Gasteiger partial charge in [-0.3, -0.25) is 0 Å². The molecule has 0 aliphatic rings. The monoisotopic (exact) mass is 289 g/mol. The molecule has 1 aromatic rings. The van der Waals surface area contributed by atoms with Gasteiger partial charge in [-0.25, -0.2) is 4.79 Å². The van der Waals surface area contributed by atoms with Gasteiger partial charge in [-0.1, -0.05) is 13.0 Å². The van der Waals surface area contributed by atoms with Gasteiger partial charge < -0.3 is 14.2 Å². The van der Waals surface area contributed by atoms with Gasteiger partial charge in [0.05, 0.1) is 20.3 Å². The van der Waals surface area contributed by atoms with Crippen molar-refractivity contribution in [3.8, 4) is 17.6 Å². The van der Waals surface area contributed by atoms with Crippen molar-refractivity contribution in [1.29, 1.82) is 5.26 Å². The van der Waals surface area contributed by atoms with Gasteiger partial charge in [0.1, 0.15) is 11.6 Å². The van der Waals surface area contributed by atoms with Crippen molar-refractivity contribution >= 4 is 12.0 Å². The number of methoxy groups -OCH3 is 1. The normalized spacial score (nSPS) is 10.7. The Morgan fingerprint density at radius 1 is 1.33 bits per heavy atom. The molecule has 0 heterocycles. The number of benzene rings is 1. The Morgan fingerprint density at radius 3 is 2.67 bits per heavy atom. The van der Waals surface area contributed by atoms with Crippen molar-refractivity contribution in [1.82, 2.24) is 0 Å². The van der Waals surface area contributed by atoms with Crippen molar-refractivity contribution in [2.45, 2.75) is 20.3 Å². The van der Waals surface area contributed by atoms with Gasteiger partial charge in [-0.05, 0) is 37.1 Å². The molecule has 0 aliphatic heterocycles. The molecule has 0 atom stereocenters. The first-order chi connectivity index (χ1) is 10.2. The van der Waals surface area contributed by atoms with Gasteiger partial charge in [0.15, 0.2) is 11.5 Å². The lowest BCUT2D eigenvalue weighted by molar-refractivity contribution is -0.137. The van der Waals surface area contributed by atoms with Gasteiger partial charge in [0.25, 0.3) is 0 Å². The maximum absolute atomic E-state index is 11.6. The third-order valence-corrected chi connectivity index (χ3v) is 2.58. The summed E-state index contributed by atoms with van der Waals surface area (Å²) in [5.74, 6) is 0.551. The summed E-state index contributed by atoms with van der Waals surface area (Å²) in [6.45, 7) is 4.53. The molecule has 5 nitrogen and oxygen atoms in total. The Labute approximate surface area is 124 Å². The number of carbonyl (C=O) groups excluding carboxylic acids is 1. The predicted octanol–water partition coefficient (Wildman–Crippen LogP) is 2.95. The molecule has 0 fully saturated rings. The number of ether oxygens (including phenoxy) is 3. The molecule has 0 bridgehead atoms. The molecule has 0 N–H and O–H groups in total. The highest BCUT2D eigenvalue weighted by molar-refractivity contribution is 5.97. The second-order valence-electron chi connectivity index (χ2n) is 4.15. The van der Waals surface area contributed by atoms with Crippen LogP contribution in [-0.4, -0.2) is 26.3 Å². The zero-order valence-corrected chi connectivity index (χ0v) is 12.5. The fourth-order valence-corrected chi connectivity index (χ4v) is 1.62. The summed E-state index contributed by atoms with van der Waals surface area (Å²) in [6.07, 6.45) is 2.36. The van der Waals surface area contributed by atoms with E-state index in [2.05, 4.69) is 0 Å². The van der Waals surface area contributed by atoms with Crippen LogP contribution in [0.4, 0.5) is 0 Å². The Hall–Kier alpha value is -2.48. The van der Waals surface area contributed by atoms with Crippen molar-refractivity contribution < 1.29 is 19.0 Å². The largest absolute Gasteiger partial charge is 0.493 e. The van der Waals surface area contributed by atoms with Crippen LogP contribution in [0.15, 0.2) is 23.8 Å². The first-order valence-corrected chi connectivity index (χ1v) is 6.76. The first kappa shape index (κ1) is 16.6. The van der Waals surface area contributed by atoms with Crippen LogP contribution < -0.4 is 9.47 Å². The zero-order chi connectivity index (χ0) is 15.7. The second-order valence-corrected chi connectivity index (χ2v) is 4.15. The summed E-state index contributed by atoms with van der Waals surface area (Å²) in [4.78, 5) is 11.6. The van der Waals surface area contributed by atoms with Crippen molar-refractivity contribution in [3.63, 3.8) is 0 Å². The van der Waals surface area contributed by atoms with Gasteiger partial charge in [-0.2, -0.15) is 5.26 Å². The minimum absolute atomic E-state index is 0.0545. The lowest BCUT2D eigenvalue weighted by Crippen LogP contribution is -2.06. The second kappa shape index (κ2) is 8.64. The number of nitriles is 1. The summed E-state index contributed by atoms with van der Waals surface area (Å²) in [5.41, 5.74) is 0.612. The summed E-state index contributed by atoms with van der Waals surface area (Å²) in [6, 6.07) is 7.05. The third kappa shape index (κ3) is 4.84. The SMILES string of the molecule is CCCOc1ccc(/C=C(/C#N)C(=O)OCC)cc1OC. The molecule has 5 heteroatoms. The average Bonchev–Trinajstić information content (AvgIpc) is 2.51. The zero-order valence-electron chi connectivity index (χ0n) is 12.5. The number of hydrogen-bond donors (Lipinski definition) is 0. The van der Waals surface area contributed by atoms with E-state index in [1.54, 1.807) is 25.1 Å². The van der Waals surface area contributed by atoms with E-state index in [4.69, 9.17) is 19.5 Å². The van der Waals surface area contributed by atoms with Gasteiger partial charge in [-0.15, -0.1) is 0 Å². The molecule has 0 radical (unpaired) electrons. The molecule has 0 spiro atoms. The minimum atomic E-state index is -0.634. The summed E-state index contributed by atoms with van der Waals surface area (Å²) in [7, 11) is 1.54. The van der Waals surface area contributed by atoms with Crippen LogP contribution in [-0.2, 0) is 9.53 Å². The van der Waals surface area contributed by atoms with E-state index < -0.39 is 5.97 Å². The Bertz CT molecular complexity index is 558. The van der Waals surface area contributed by atoms with Crippen LogP contribution in [0.5, 0.6) is 11.5 Å². The van der Waals surface area contributed by atoms with E-state index in [0.717, 1.165) is 6.42 Å². The molecule has 0 saturated carbocycles. The van der Waals surface area contributed by atoms with Crippen LogP contribution >= 0.6 is 0 Å². The van der Waals surface area contributed by atoms with E-state index in [-0.39, 0.29) is 12.2 Å². The van der Waals surface area contributed by atoms with Crippen molar-refractivity contribution in [2.24, 2.45) is 0 Å². The van der Waals surface area contributed by atoms with Crippen LogP contribution in [0.25, 0.3) is 6.08 Å². The summed E-state index contributed by atoms with van der Waals surface area (Å²) >= 11 is 0. The highest BCUT2D eigenvalue weighted by Gasteiger charge is 2.11. The van der Waals surface area contributed by atoms with Crippen molar-refractivity contribution in [3.05, 3.63) is 29.3 Å². The lowest BCUT2D eigenvalue weighted by Gasteiger charge is -2.10. The van der Waals surface area contributed by atoms with Gasteiger partial charge in [0, 0.05) is 0 Å². The number of hydrogen-bond acceptors (Lipinski definition) is 5. The smallest absolute Gasteiger partial charge is 0.348 e. The Balaban J connectivity index is 3.03. The molecule has 1 aromatic carbocycles. The van der Waals surface area contributed by atoms with E-state index in [9.17, 15) is 4.79 Å². The predicted molar refractivity (Wildman–Crippen MR) is 79.0 cm³/mol. The Kier molecular flexibility index (Phi) is 6.82. The molecule has 0 unspecified atom stereocenters. The van der Waals surface area contributed by atoms with E-state index in [0.29, 0.717) is 23.7 Å². The quantitative estimate of drug-likeness (QED) is 0.438. The van der Waals surface area contributed by atoms with Crippen LogP contribution in [0, 0.1) is 11.3 Å². The van der Waals surface area contributed by atoms with Crippen LogP contribution in [0.2, 0.25) is 0 Å². The molecule has 0 amide bonds. The van der Waals surface area contributed by atoms with E-state index >= 15 is 0 Å². The Morgan fingerprint density at radius 2 is 2.10 bits per heavy atom. The fourth-order valence-electron chi connectivity index (χ4n) is 1.62. The van der Waals surface area contributed by atoms with Crippen molar-refractivity contribution in [2.75, 3.05) is 20.3 Å². The number of rotatable bonds is 7. The number of nitrogens with zero attached hydrogens (tertiary/aromatic N) is 1. The molecule has 21 heavy (non-hydrogen) atoms. The first-order valence-electron chi connectivity index (χ1n) is 6.76. The van der Waals surface area contributed by atoms with E-state index in [1.165, 1.54) is 13.2 Å². The van der Waals surface area contributed by atoms with Gasteiger partial charge >= 0.3 is 5.97 Å². The maximum atomic E-state index is 11.6. The highest BCUT2D eigenvalue weighted by atomic mass is 16.5. The lowest BCUT2D eigenvalue weighted by atomic mass is 10.1. The fraction of sp³-hybridized carbons (Fsp3) is 0.375. The molecule has 0 saturated heterocycles. The number of esters is 1. The molecule has 0 aliphatic carbocycles. The summed E-state index contributed by atoms with van der Waals surface area (Å²) < 4.78 is 15.6. The van der Waals surface area contributed by atoms with Crippen LogP contribution in [0.1, 0.15) is 25.8 Å². The topological polar surface area (TPSA) is 68.5 Å². The minimum Gasteiger partial charge on any atom is -0.493 e. The number of carbonyl (C=O) groups is 1. The standard InChI is InChI=1S/C16H19NO4/c1-4-8-21-14-7-6-12(10-15(14)19-3)9-13(11-17)16(18)20-5-2/h6-7,9-10H,4-5,8H2,1-3H3/b13-9-. The molecule has 112 valence electrons. The molecular weight excluding hydrogens is 270 g/mol. The molecule has 0 aromatic heterocycles. The third-order valence-electron chi connectivity index (χ3n) is 2.58. The van der Waals surface area contributed by atoms with Gasteiger partial charge in [0.2, 0.25) is 0 Å². The van der Waals surface area contributed by atoms with E-state index in [1.807, 2.05) is 13.0 Å².